The van der Waals surface area contributed by atoms with Crippen molar-refractivity contribution in [1.82, 2.24) is 10.2 Å². The quantitative estimate of drug-likeness (QED) is 0.627. The number of nitrogens with zero attached hydrogens (tertiary/aromatic N) is 1. The Kier molecular flexibility index (Phi) is 6.16. The standard InChI is InChI=1S/C26H29ClN2O4/c1-32-13-10-17-6-9-23(27)18(14-17)16-29(19-7-8-19)24(30)22-15-28-12-11-26(22)21-5-3-2-4-20(21)25(31)33-26/h2-6,9,14,19,22,28H,7-8,10-13,15-16H2,1H3. The van der Waals surface area contributed by atoms with E-state index in [1.807, 2.05) is 35.2 Å². The number of rotatable bonds is 7. The summed E-state index contributed by atoms with van der Waals surface area (Å²) in [6.45, 7) is 2.26. The summed E-state index contributed by atoms with van der Waals surface area (Å²) in [5, 5.41) is 4.01. The zero-order valence-electron chi connectivity index (χ0n) is 18.8. The number of methoxy groups -OCH3 is 1. The zero-order valence-corrected chi connectivity index (χ0v) is 19.6. The van der Waals surface area contributed by atoms with Crippen LogP contribution >= 0.6 is 11.6 Å². The lowest BCUT2D eigenvalue weighted by molar-refractivity contribution is -0.149. The van der Waals surface area contributed by atoms with Crippen molar-refractivity contribution in [3.63, 3.8) is 0 Å². The van der Waals surface area contributed by atoms with Crippen molar-refractivity contribution < 1.29 is 19.1 Å². The van der Waals surface area contributed by atoms with Gasteiger partial charge >= 0.3 is 5.97 Å². The van der Waals surface area contributed by atoms with Crippen molar-refractivity contribution in [2.24, 2.45) is 5.92 Å². The third kappa shape index (κ3) is 4.16. The Labute approximate surface area is 199 Å². The van der Waals surface area contributed by atoms with Crippen LogP contribution in [0.1, 0.15) is 46.3 Å². The van der Waals surface area contributed by atoms with Crippen LogP contribution in [0.5, 0.6) is 0 Å². The van der Waals surface area contributed by atoms with Crippen molar-refractivity contribution in [3.8, 4) is 0 Å². The summed E-state index contributed by atoms with van der Waals surface area (Å²) < 4.78 is 11.2. The van der Waals surface area contributed by atoms with Gasteiger partial charge in [-0.05, 0) is 49.1 Å². The molecule has 33 heavy (non-hydrogen) atoms. The Morgan fingerprint density at radius 1 is 1.27 bits per heavy atom. The van der Waals surface area contributed by atoms with Crippen molar-refractivity contribution in [2.45, 2.75) is 43.9 Å². The Hall–Kier alpha value is -2.41. The van der Waals surface area contributed by atoms with E-state index in [1.54, 1.807) is 13.2 Å². The van der Waals surface area contributed by atoms with E-state index in [1.165, 1.54) is 0 Å². The molecular formula is C26H29ClN2O4. The molecule has 1 N–H and O–H groups in total. The van der Waals surface area contributed by atoms with Crippen LogP contribution < -0.4 is 5.32 Å². The molecule has 2 unspecified atom stereocenters. The molecule has 2 aromatic carbocycles. The van der Waals surface area contributed by atoms with Gasteiger partial charge in [0.25, 0.3) is 0 Å². The van der Waals surface area contributed by atoms with Crippen molar-refractivity contribution in [3.05, 3.63) is 69.7 Å². The van der Waals surface area contributed by atoms with Gasteiger partial charge < -0.3 is 19.7 Å². The van der Waals surface area contributed by atoms with E-state index in [9.17, 15) is 9.59 Å². The summed E-state index contributed by atoms with van der Waals surface area (Å²) in [5.74, 6) is -0.792. The first-order chi connectivity index (χ1) is 16.0. The van der Waals surface area contributed by atoms with Crippen LogP contribution in [-0.2, 0) is 32.8 Å². The fraction of sp³-hybridized carbons (Fsp3) is 0.462. The number of hydrogen-bond donors (Lipinski definition) is 1. The predicted octanol–water partition coefficient (Wildman–Crippen LogP) is 3.70. The number of carbonyl (C=O) groups is 2. The van der Waals surface area contributed by atoms with E-state index in [2.05, 4.69) is 11.4 Å². The highest BCUT2D eigenvalue weighted by Crippen LogP contribution is 2.47. The molecule has 2 fully saturated rings. The minimum atomic E-state index is -0.909. The number of hydrogen-bond acceptors (Lipinski definition) is 5. The van der Waals surface area contributed by atoms with Crippen LogP contribution in [-0.4, -0.2) is 49.6 Å². The SMILES string of the molecule is COCCc1ccc(Cl)c(CN(C(=O)C2CNCCC23OC(=O)c2ccccc23)C2CC2)c1. The molecule has 1 aliphatic carbocycles. The van der Waals surface area contributed by atoms with Gasteiger partial charge in [-0.3, -0.25) is 4.79 Å². The van der Waals surface area contributed by atoms with Gasteiger partial charge in [0.15, 0.2) is 5.60 Å². The molecule has 2 aliphatic heterocycles. The number of fused-ring (bicyclic) bond motifs is 2. The number of carbonyl (C=O) groups excluding carboxylic acids is 2. The number of benzene rings is 2. The van der Waals surface area contributed by atoms with E-state index in [4.69, 9.17) is 21.1 Å². The minimum Gasteiger partial charge on any atom is -0.450 e. The molecule has 5 rings (SSSR count). The van der Waals surface area contributed by atoms with Gasteiger partial charge in [-0.15, -0.1) is 0 Å². The maximum Gasteiger partial charge on any atom is 0.339 e. The van der Waals surface area contributed by atoms with Gasteiger partial charge in [-0.2, -0.15) is 0 Å². The summed E-state index contributed by atoms with van der Waals surface area (Å²) in [6.07, 6.45) is 3.34. The first-order valence-corrected chi connectivity index (χ1v) is 12.0. The van der Waals surface area contributed by atoms with Gasteiger partial charge in [0.1, 0.15) is 0 Å². The Balaban J connectivity index is 1.45. The van der Waals surface area contributed by atoms with Crippen LogP contribution in [0.25, 0.3) is 0 Å². The minimum absolute atomic E-state index is 0.0209. The summed E-state index contributed by atoms with van der Waals surface area (Å²) in [7, 11) is 1.69. The number of esters is 1. The molecular weight excluding hydrogens is 440 g/mol. The summed E-state index contributed by atoms with van der Waals surface area (Å²) >= 11 is 6.55. The summed E-state index contributed by atoms with van der Waals surface area (Å²) in [5.41, 5.74) is 2.57. The average Bonchev–Trinajstić information content (AvgIpc) is 3.63. The van der Waals surface area contributed by atoms with Crippen molar-refractivity contribution >= 4 is 23.5 Å². The van der Waals surface area contributed by atoms with Crippen LogP contribution in [0.15, 0.2) is 42.5 Å². The Morgan fingerprint density at radius 3 is 2.88 bits per heavy atom. The Bertz CT molecular complexity index is 1070. The highest BCUT2D eigenvalue weighted by molar-refractivity contribution is 6.31. The maximum absolute atomic E-state index is 14.1. The fourth-order valence-electron chi connectivity index (χ4n) is 5.18. The molecule has 2 heterocycles. The molecule has 1 saturated carbocycles. The number of halogens is 1. The lowest BCUT2D eigenvalue weighted by Crippen LogP contribution is -2.55. The molecule has 1 amide bonds. The second-order valence-electron chi connectivity index (χ2n) is 9.20. The van der Waals surface area contributed by atoms with Gasteiger partial charge in [0, 0.05) is 43.2 Å². The van der Waals surface area contributed by atoms with Gasteiger partial charge in [-0.25, -0.2) is 4.79 Å². The van der Waals surface area contributed by atoms with E-state index in [0.29, 0.717) is 43.2 Å². The highest BCUT2D eigenvalue weighted by atomic mass is 35.5. The molecule has 174 valence electrons. The molecule has 2 atom stereocenters. The third-order valence-electron chi connectivity index (χ3n) is 7.08. The monoisotopic (exact) mass is 468 g/mol. The highest BCUT2D eigenvalue weighted by Gasteiger charge is 2.56. The first kappa shape index (κ1) is 22.4. The molecule has 2 aromatic rings. The second-order valence-corrected chi connectivity index (χ2v) is 9.60. The number of piperidine rings is 1. The predicted molar refractivity (Wildman–Crippen MR) is 125 cm³/mol. The van der Waals surface area contributed by atoms with E-state index < -0.39 is 11.5 Å². The van der Waals surface area contributed by atoms with Crippen LogP contribution in [0.2, 0.25) is 5.02 Å². The number of amides is 1. The van der Waals surface area contributed by atoms with Gasteiger partial charge in [0.05, 0.1) is 18.1 Å². The zero-order chi connectivity index (χ0) is 23.0. The molecule has 0 aromatic heterocycles. The van der Waals surface area contributed by atoms with Crippen molar-refractivity contribution in [2.75, 3.05) is 26.8 Å². The molecule has 3 aliphatic rings. The van der Waals surface area contributed by atoms with Gasteiger partial charge in [-0.1, -0.05) is 41.9 Å². The van der Waals surface area contributed by atoms with Crippen LogP contribution in [0, 0.1) is 5.92 Å². The number of ether oxygens (including phenoxy) is 2. The largest absolute Gasteiger partial charge is 0.450 e. The van der Waals surface area contributed by atoms with Crippen LogP contribution in [0.4, 0.5) is 0 Å². The Morgan fingerprint density at radius 2 is 2.09 bits per heavy atom. The normalized spacial score (nSPS) is 23.9. The lowest BCUT2D eigenvalue weighted by Gasteiger charge is -2.42. The summed E-state index contributed by atoms with van der Waals surface area (Å²) in [6, 6.07) is 13.6. The molecule has 7 heteroatoms. The van der Waals surface area contributed by atoms with E-state index in [-0.39, 0.29) is 17.9 Å². The van der Waals surface area contributed by atoms with Crippen molar-refractivity contribution in [1.29, 1.82) is 0 Å². The average molecular weight is 469 g/mol. The third-order valence-corrected chi connectivity index (χ3v) is 7.45. The molecule has 1 spiro atoms. The second kappa shape index (κ2) is 9.09. The van der Waals surface area contributed by atoms with E-state index in [0.717, 1.165) is 36.0 Å². The smallest absolute Gasteiger partial charge is 0.339 e. The molecule has 0 radical (unpaired) electrons. The van der Waals surface area contributed by atoms with Crippen LogP contribution in [0.3, 0.4) is 0 Å². The fourth-order valence-corrected chi connectivity index (χ4v) is 5.36. The van der Waals surface area contributed by atoms with Gasteiger partial charge in [0.2, 0.25) is 5.91 Å². The lowest BCUT2D eigenvalue weighted by atomic mass is 9.75. The topological polar surface area (TPSA) is 67.9 Å². The molecule has 1 saturated heterocycles. The first-order valence-electron chi connectivity index (χ1n) is 11.6. The summed E-state index contributed by atoms with van der Waals surface area (Å²) in [4.78, 5) is 28.7. The van der Waals surface area contributed by atoms with E-state index >= 15 is 0 Å². The molecule has 0 bridgehead atoms. The number of nitrogens with one attached hydrogen (secondary N) is 1. The maximum atomic E-state index is 14.1. The molecule has 6 nitrogen and oxygen atoms in total.